The van der Waals surface area contributed by atoms with Gasteiger partial charge in [-0.2, -0.15) is 13.2 Å². The van der Waals surface area contributed by atoms with Crippen molar-refractivity contribution >= 4 is 29.1 Å². The summed E-state index contributed by atoms with van der Waals surface area (Å²) in [4.78, 5) is 32.2. The van der Waals surface area contributed by atoms with Gasteiger partial charge in [-0.25, -0.2) is 0 Å². The standard InChI is InChI=1S/C31H31ClF3N3O3/c32-25-7-4-6-22(18-25)23-8-13-28-27(19-23)30(40)38(20-29(39)36-14-2-1-3-15-36)21-37(28)16-5-17-41-26-11-9-24(10-12-26)31(33,34)35/h4,6-13,18-19H,1-3,5,14-17,20-21H2. The van der Waals surface area contributed by atoms with Crippen LogP contribution in [0.4, 0.5) is 18.9 Å². The van der Waals surface area contributed by atoms with E-state index in [1.807, 2.05) is 46.2 Å². The number of halogens is 4. The summed E-state index contributed by atoms with van der Waals surface area (Å²) in [7, 11) is 0. The summed E-state index contributed by atoms with van der Waals surface area (Å²) in [5.74, 6) is 0.0942. The predicted molar refractivity (Wildman–Crippen MR) is 152 cm³/mol. The summed E-state index contributed by atoms with van der Waals surface area (Å²) in [6.45, 7) is 2.47. The van der Waals surface area contributed by atoms with Gasteiger partial charge in [0.1, 0.15) is 12.3 Å². The van der Waals surface area contributed by atoms with Crippen LogP contribution in [0.3, 0.4) is 0 Å². The molecule has 0 bridgehead atoms. The van der Waals surface area contributed by atoms with Crippen molar-refractivity contribution in [1.82, 2.24) is 9.80 Å². The zero-order valence-electron chi connectivity index (χ0n) is 22.5. The fourth-order valence-corrected chi connectivity index (χ4v) is 5.44. The number of nitrogens with zero attached hydrogens (tertiary/aromatic N) is 3. The Kier molecular flexibility index (Phi) is 8.73. The van der Waals surface area contributed by atoms with Crippen LogP contribution in [0.15, 0.2) is 66.7 Å². The average Bonchev–Trinajstić information content (AvgIpc) is 2.97. The molecule has 0 N–H and O–H groups in total. The molecule has 3 aromatic rings. The van der Waals surface area contributed by atoms with Crippen molar-refractivity contribution in [2.75, 3.05) is 44.4 Å². The van der Waals surface area contributed by atoms with Crippen LogP contribution >= 0.6 is 11.6 Å². The highest BCUT2D eigenvalue weighted by Gasteiger charge is 2.32. The smallest absolute Gasteiger partial charge is 0.416 e. The topological polar surface area (TPSA) is 53.1 Å². The fraction of sp³-hybridized carbons (Fsp3) is 0.355. The first-order valence-corrected chi connectivity index (χ1v) is 14.1. The minimum Gasteiger partial charge on any atom is -0.494 e. The Morgan fingerprint density at radius 3 is 2.34 bits per heavy atom. The molecule has 2 aliphatic rings. The monoisotopic (exact) mass is 585 g/mol. The second-order valence-electron chi connectivity index (χ2n) is 10.3. The maximum atomic E-state index is 13.6. The van der Waals surface area contributed by atoms with E-state index in [4.69, 9.17) is 16.3 Å². The zero-order chi connectivity index (χ0) is 29.0. The lowest BCUT2D eigenvalue weighted by Crippen LogP contribution is -2.51. The van der Waals surface area contributed by atoms with Crippen LogP contribution in [0.5, 0.6) is 5.75 Å². The van der Waals surface area contributed by atoms with E-state index in [1.165, 1.54) is 12.1 Å². The van der Waals surface area contributed by atoms with Crippen molar-refractivity contribution in [3.8, 4) is 16.9 Å². The summed E-state index contributed by atoms with van der Waals surface area (Å²) in [5, 5.41) is 0.593. The molecule has 5 rings (SSSR count). The number of fused-ring (bicyclic) bond motifs is 1. The van der Waals surface area contributed by atoms with Gasteiger partial charge in [-0.05, 0) is 85.3 Å². The van der Waals surface area contributed by atoms with Crippen LogP contribution < -0.4 is 9.64 Å². The molecule has 2 aliphatic heterocycles. The Morgan fingerprint density at radius 1 is 0.902 bits per heavy atom. The highest BCUT2D eigenvalue weighted by molar-refractivity contribution is 6.30. The molecule has 41 heavy (non-hydrogen) atoms. The number of piperidine rings is 1. The van der Waals surface area contributed by atoms with Gasteiger partial charge in [-0.3, -0.25) is 9.59 Å². The Hall–Kier alpha value is -3.72. The lowest BCUT2D eigenvalue weighted by atomic mass is 9.99. The number of ether oxygens (including phenoxy) is 1. The lowest BCUT2D eigenvalue weighted by molar-refractivity contribution is -0.137. The number of benzene rings is 3. The number of likely N-dealkylation sites (tertiary alicyclic amines) is 1. The highest BCUT2D eigenvalue weighted by Crippen LogP contribution is 2.33. The number of rotatable bonds is 8. The van der Waals surface area contributed by atoms with Crippen molar-refractivity contribution in [2.24, 2.45) is 0 Å². The average molecular weight is 586 g/mol. The van der Waals surface area contributed by atoms with Crippen molar-refractivity contribution in [3.05, 3.63) is 82.9 Å². The first-order chi connectivity index (χ1) is 19.7. The Labute approximate surface area is 242 Å². The largest absolute Gasteiger partial charge is 0.494 e. The van der Waals surface area contributed by atoms with Crippen molar-refractivity contribution in [3.63, 3.8) is 0 Å². The molecule has 0 aliphatic carbocycles. The molecular weight excluding hydrogens is 555 g/mol. The van der Waals surface area contributed by atoms with Crippen molar-refractivity contribution in [2.45, 2.75) is 31.9 Å². The first-order valence-electron chi connectivity index (χ1n) is 13.7. The maximum Gasteiger partial charge on any atom is 0.416 e. The third-order valence-electron chi connectivity index (χ3n) is 7.41. The lowest BCUT2D eigenvalue weighted by Gasteiger charge is -2.39. The normalized spacial score (nSPS) is 15.6. The van der Waals surface area contributed by atoms with Gasteiger partial charge >= 0.3 is 6.18 Å². The van der Waals surface area contributed by atoms with E-state index >= 15 is 0 Å². The summed E-state index contributed by atoms with van der Waals surface area (Å²) < 4.78 is 44.2. The number of alkyl halides is 3. The minimum absolute atomic E-state index is 0.00177. The zero-order valence-corrected chi connectivity index (χ0v) is 23.3. The molecule has 3 aromatic carbocycles. The summed E-state index contributed by atoms with van der Waals surface area (Å²) in [5.41, 5.74) is 2.26. The number of anilines is 1. The number of hydrogen-bond donors (Lipinski definition) is 0. The van der Waals surface area contributed by atoms with E-state index in [0.717, 1.165) is 48.2 Å². The summed E-state index contributed by atoms with van der Waals surface area (Å²) >= 11 is 6.20. The number of amides is 2. The van der Waals surface area contributed by atoms with E-state index in [2.05, 4.69) is 0 Å². The SMILES string of the molecule is O=C(CN1CN(CCCOc2ccc(C(F)(F)F)cc2)c2ccc(-c3cccc(Cl)c3)cc2C1=O)N1CCCCC1. The molecule has 0 radical (unpaired) electrons. The quantitative estimate of drug-likeness (QED) is 0.275. The van der Waals surface area contributed by atoms with Gasteiger partial charge in [-0.15, -0.1) is 0 Å². The Bertz CT molecular complexity index is 1390. The van der Waals surface area contributed by atoms with Crippen molar-refractivity contribution < 1.29 is 27.5 Å². The summed E-state index contributed by atoms with van der Waals surface area (Å²) in [6.07, 6.45) is -0.800. The second-order valence-corrected chi connectivity index (χ2v) is 10.8. The maximum absolute atomic E-state index is 13.6. The van der Waals surface area contributed by atoms with Gasteiger partial charge in [0.2, 0.25) is 5.91 Å². The van der Waals surface area contributed by atoms with Crippen LogP contribution in [-0.4, -0.2) is 61.1 Å². The van der Waals surface area contributed by atoms with Gasteiger partial charge in [0, 0.05) is 24.7 Å². The van der Waals surface area contributed by atoms with Gasteiger partial charge in [-0.1, -0.05) is 29.8 Å². The molecule has 1 fully saturated rings. The van der Waals surface area contributed by atoms with E-state index in [9.17, 15) is 22.8 Å². The highest BCUT2D eigenvalue weighted by atomic mass is 35.5. The number of carbonyl (C=O) groups excluding carboxylic acids is 2. The van der Waals surface area contributed by atoms with Gasteiger partial charge in [0.05, 0.1) is 30.1 Å². The van der Waals surface area contributed by atoms with Crippen LogP contribution in [0.2, 0.25) is 5.02 Å². The van der Waals surface area contributed by atoms with Crippen LogP contribution in [0.1, 0.15) is 41.6 Å². The van der Waals surface area contributed by atoms with Crippen LogP contribution in [0, 0.1) is 0 Å². The molecule has 10 heteroatoms. The molecule has 1 saturated heterocycles. The molecule has 6 nitrogen and oxygen atoms in total. The third-order valence-corrected chi connectivity index (χ3v) is 7.65. The minimum atomic E-state index is -4.40. The van der Waals surface area contributed by atoms with E-state index in [1.54, 1.807) is 11.0 Å². The van der Waals surface area contributed by atoms with Gasteiger partial charge in [0.25, 0.3) is 5.91 Å². The van der Waals surface area contributed by atoms with E-state index < -0.39 is 11.7 Å². The number of carbonyl (C=O) groups is 2. The van der Waals surface area contributed by atoms with Gasteiger partial charge < -0.3 is 19.4 Å². The van der Waals surface area contributed by atoms with Gasteiger partial charge in [0.15, 0.2) is 0 Å². The molecule has 0 unspecified atom stereocenters. The Balaban J connectivity index is 1.31. The molecule has 2 amide bonds. The van der Waals surface area contributed by atoms with Crippen LogP contribution in [0.25, 0.3) is 11.1 Å². The molecule has 216 valence electrons. The second kappa shape index (κ2) is 12.4. The van der Waals surface area contributed by atoms with Crippen molar-refractivity contribution in [1.29, 1.82) is 0 Å². The molecule has 0 atom stereocenters. The predicted octanol–water partition coefficient (Wildman–Crippen LogP) is 6.73. The Morgan fingerprint density at radius 2 is 1.63 bits per heavy atom. The molecule has 2 heterocycles. The molecule has 0 spiro atoms. The molecule has 0 saturated carbocycles. The fourth-order valence-electron chi connectivity index (χ4n) is 5.25. The third kappa shape index (κ3) is 6.96. The van der Waals surface area contributed by atoms with E-state index in [-0.39, 0.29) is 31.6 Å². The molecule has 0 aromatic heterocycles. The van der Waals surface area contributed by atoms with Crippen LogP contribution in [-0.2, 0) is 11.0 Å². The number of hydrogen-bond acceptors (Lipinski definition) is 4. The first kappa shape index (κ1) is 28.8. The molecular formula is C31H31ClF3N3O3. The van der Waals surface area contributed by atoms with E-state index in [0.29, 0.717) is 42.4 Å². The summed E-state index contributed by atoms with van der Waals surface area (Å²) in [6, 6.07) is 17.7.